The van der Waals surface area contributed by atoms with Crippen LogP contribution in [0.2, 0.25) is 0 Å². The van der Waals surface area contributed by atoms with Crippen molar-refractivity contribution >= 4 is 17.6 Å². The number of hydrogen-bond donors (Lipinski definition) is 1. The average molecular weight is 357 g/mol. The van der Waals surface area contributed by atoms with Crippen molar-refractivity contribution in [2.24, 2.45) is 5.92 Å². The van der Waals surface area contributed by atoms with Gasteiger partial charge in [0.2, 0.25) is 5.91 Å². The van der Waals surface area contributed by atoms with Gasteiger partial charge in [-0.15, -0.1) is 0 Å². The zero-order chi connectivity index (χ0) is 18.5. The Balaban J connectivity index is 1.46. The lowest BCUT2D eigenvalue weighted by Gasteiger charge is -2.33. The van der Waals surface area contributed by atoms with Gasteiger partial charge in [0.1, 0.15) is 0 Å². The minimum atomic E-state index is -0.0282. The Morgan fingerprint density at radius 3 is 2.38 bits per heavy atom. The second-order valence-electron chi connectivity index (χ2n) is 7.75. The minimum absolute atomic E-state index is 0.0282. The molecule has 0 unspecified atom stereocenters. The van der Waals surface area contributed by atoms with Gasteiger partial charge in [-0.25, -0.2) is 4.79 Å². The lowest BCUT2D eigenvalue weighted by atomic mass is 9.92. The smallest absolute Gasteiger partial charge is 0.321 e. The van der Waals surface area contributed by atoms with Gasteiger partial charge in [-0.3, -0.25) is 4.79 Å². The molecule has 0 atom stereocenters. The van der Waals surface area contributed by atoms with Crippen molar-refractivity contribution in [3.8, 4) is 0 Å². The number of nitrogens with zero attached hydrogens (tertiary/aromatic N) is 2. The van der Waals surface area contributed by atoms with Gasteiger partial charge in [-0.1, -0.05) is 12.1 Å². The molecule has 2 fully saturated rings. The quantitative estimate of drug-likeness (QED) is 0.890. The van der Waals surface area contributed by atoms with Crippen LogP contribution in [0.5, 0.6) is 0 Å². The van der Waals surface area contributed by atoms with Gasteiger partial charge in [-0.05, 0) is 69.1 Å². The van der Waals surface area contributed by atoms with E-state index in [2.05, 4.69) is 18.3 Å². The molecule has 142 valence electrons. The van der Waals surface area contributed by atoms with E-state index in [1.165, 1.54) is 12.0 Å². The first-order chi connectivity index (χ1) is 12.5. The maximum absolute atomic E-state index is 12.5. The van der Waals surface area contributed by atoms with E-state index in [4.69, 9.17) is 0 Å². The number of likely N-dealkylation sites (tertiary alicyclic amines) is 2. The van der Waals surface area contributed by atoms with Crippen LogP contribution in [0.25, 0.3) is 0 Å². The molecule has 0 bridgehead atoms. The Morgan fingerprint density at radius 2 is 1.69 bits per heavy atom. The first kappa shape index (κ1) is 18.7. The summed E-state index contributed by atoms with van der Waals surface area (Å²) >= 11 is 0. The number of hydrogen-bond acceptors (Lipinski definition) is 2. The number of anilines is 1. The van der Waals surface area contributed by atoms with Crippen molar-refractivity contribution in [1.29, 1.82) is 0 Å². The molecular formula is C21H31N3O2. The van der Waals surface area contributed by atoms with Crippen LogP contribution in [0, 0.1) is 19.8 Å². The highest BCUT2D eigenvalue weighted by Gasteiger charge is 2.26. The maximum atomic E-state index is 12.5. The zero-order valence-electron chi connectivity index (χ0n) is 16.1. The van der Waals surface area contributed by atoms with E-state index in [-0.39, 0.29) is 6.03 Å². The predicted molar refractivity (Wildman–Crippen MR) is 104 cm³/mol. The van der Waals surface area contributed by atoms with E-state index < -0.39 is 0 Å². The van der Waals surface area contributed by atoms with Gasteiger partial charge in [0.05, 0.1) is 0 Å². The molecule has 3 amide bonds. The third kappa shape index (κ3) is 4.57. The number of piperidine rings is 2. The summed E-state index contributed by atoms with van der Waals surface area (Å²) in [5.74, 6) is 0.720. The van der Waals surface area contributed by atoms with E-state index in [1.807, 2.05) is 28.9 Å². The Kier molecular flexibility index (Phi) is 6.17. The van der Waals surface area contributed by atoms with E-state index in [9.17, 15) is 9.59 Å². The summed E-state index contributed by atoms with van der Waals surface area (Å²) in [6.07, 6.45) is 6.01. The molecule has 0 spiro atoms. The van der Waals surface area contributed by atoms with Gasteiger partial charge in [0, 0.05) is 38.3 Å². The van der Waals surface area contributed by atoms with Crippen molar-refractivity contribution in [2.45, 2.75) is 52.4 Å². The Hall–Kier alpha value is -2.04. The molecule has 2 saturated heterocycles. The second kappa shape index (κ2) is 8.56. The first-order valence-electron chi connectivity index (χ1n) is 9.94. The van der Waals surface area contributed by atoms with Gasteiger partial charge in [0.25, 0.3) is 0 Å². The summed E-state index contributed by atoms with van der Waals surface area (Å²) in [7, 11) is 0. The van der Waals surface area contributed by atoms with E-state index in [0.29, 0.717) is 18.2 Å². The van der Waals surface area contributed by atoms with Gasteiger partial charge in [0.15, 0.2) is 0 Å². The van der Waals surface area contributed by atoms with Crippen LogP contribution in [0.4, 0.5) is 10.5 Å². The molecular weight excluding hydrogens is 326 g/mol. The fourth-order valence-corrected chi connectivity index (χ4v) is 3.94. The zero-order valence-corrected chi connectivity index (χ0v) is 16.1. The number of aryl methyl sites for hydroxylation is 1. The minimum Gasteiger partial charge on any atom is -0.343 e. The molecule has 2 aliphatic rings. The number of carbonyl (C=O) groups excluding carboxylic acids is 2. The molecule has 0 aromatic heterocycles. The van der Waals surface area contributed by atoms with E-state index in [0.717, 1.165) is 63.1 Å². The highest BCUT2D eigenvalue weighted by molar-refractivity contribution is 5.90. The van der Waals surface area contributed by atoms with Crippen LogP contribution in [-0.2, 0) is 4.79 Å². The number of rotatable bonds is 3. The molecule has 3 rings (SSSR count). The molecule has 1 aromatic rings. The first-order valence-corrected chi connectivity index (χ1v) is 9.94. The van der Waals surface area contributed by atoms with Crippen molar-refractivity contribution in [2.75, 3.05) is 31.5 Å². The topological polar surface area (TPSA) is 52.7 Å². The fourth-order valence-electron chi connectivity index (χ4n) is 3.94. The number of urea groups is 1. The van der Waals surface area contributed by atoms with Crippen LogP contribution < -0.4 is 5.32 Å². The summed E-state index contributed by atoms with van der Waals surface area (Å²) in [4.78, 5) is 28.9. The second-order valence-corrected chi connectivity index (χ2v) is 7.75. The third-order valence-corrected chi connectivity index (χ3v) is 5.92. The van der Waals surface area contributed by atoms with Crippen LogP contribution >= 0.6 is 0 Å². The summed E-state index contributed by atoms with van der Waals surface area (Å²) in [6, 6.07) is 5.94. The van der Waals surface area contributed by atoms with Crippen LogP contribution in [-0.4, -0.2) is 47.9 Å². The third-order valence-electron chi connectivity index (χ3n) is 5.92. The summed E-state index contributed by atoms with van der Waals surface area (Å²) in [5, 5.41) is 3.04. The SMILES string of the molecule is Cc1cccc(NC(=O)N2CCC(CC(=O)N3CCCCC3)CC2)c1C. The summed E-state index contributed by atoms with van der Waals surface area (Å²) in [6.45, 7) is 7.40. The van der Waals surface area contributed by atoms with Crippen molar-refractivity contribution in [3.63, 3.8) is 0 Å². The van der Waals surface area contributed by atoms with Crippen molar-refractivity contribution < 1.29 is 9.59 Å². The van der Waals surface area contributed by atoms with Crippen LogP contribution in [0.1, 0.15) is 49.7 Å². The van der Waals surface area contributed by atoms with Crippen LogP contribution in [0.15, 0.2) is 18.2 Å². The standard InChI is InChI=1S/C21H31N3O2/c1-16-7-6-8-19(17(16)2)22-21(26)24-13-9-18(10-14-24)15-20(25)23-11-4-3-5-12-23/h6-8,18H,3-5,9-15H2,1-2H3,(H,22,26). The number of benzene rings is 1. The normalized spacial score (nSPS) is 18.7. The van der Waals surface area contributed by atoms with Gasteiger partial charge >= 0.3 is 6.03 Å². The molecule has 26 heavy (non-hydrogen) atoms. The lowest BCUT2D eigenvalue weighted by molar-refractivity contribution is -0.133. The molecule has 2 aliphatic heterocycles. The number of amides is 3. The van der Waals surface area contributed by atoms with Crippen molar-refractivity contribution in [3.05, 3.63) is 29.3 Å². The van der Waals surface area contributed by atoms with E-state index >= 15 is 0 Å². The number of nitrogens with one attached hydrogen (secondary N) is 1. The molecule has 0 saturated carbocycles. The summed E-state index contributed by atoms with van der Waals surface area (Å²) < 4.78 is 0. The highest BCUT2D eigenvalue weighted by atomic mass is 16.2. The fraction of sp³-hybridized carbons (Fsp3) is 0.619. The molecule has 5 nitrogen and oxygen atoms in total. The van der Waals surface area contributed by atoms with Gasteiger partial charge in [-0.2, -0.15) is 0 Å². The predicted octanol–water partition coefficient (Wildman–Crippen LogP) is 3.95. The highest BCUT2D eigenvalue weighted by Crippen LogP contribution is 2.24. The lowest BCUT2D eigenvalue weighted by Crippen LogP contribution is -2.42. The molecule has 1 N–H and O–H groups in total. The molecule has 5 heteroatoms. The largest absolute Gasteiger partial charge is 0.343 e. The molecule has 0 radical (unpaired) electrons. The average Bonchev–Trinajstić information content (AvgIpc) is 2.66. The monoisotopic (exact) mass is 357 g/mol. The van der Waals surface area contributed by atoms with Gasteiger partial charge < -0.3 is 15.1 Å². The Labute approximate surface area is 156 Å². The van der Waals surface area contributed by atoms with Crippen molar-refractivity contribution in [1.82, 2.24) is 9.80 Å². The Bertz CT molecular complexity index is 645. The van der Waals surface area contributed by atoms with Crippen LogP contribution in [0.3, 0.4) is 0 Å². The Morgan fingerprint density at radius 1 is 1.00 bits per heavy atom. The number of carbonyl (C=O) groups is 2. The summed E-state index contributed by atoms with van der Waals surface area (Å²) in [5.41, 5.74) is 3.18. The maximum Gasteiger partial charge on any atom is 0.321 e. The molecule has 2 heterocycles. The molecule has 1 aromatic carbocycles. The van der Waals surface area contributed by atoms with E-state index in [1.54, 1.807) is 0 Å². The molecule has 0 aliphatic carbocycles.